The summed E-state index contributed by atoms with van der Waals surface area (Å²) in [4.78, 5) is 14.0. The van der Waals surface area contributed by atoms with Crippen molar-refractivity contribution in [1.82, 2.24) is 5.32 Å². The topological polar surface area (TPSA) is 44.4 Å². The summed E-state index contributed by atoms with van der Waals surface area (Å²) < 4.78 is 14.1. The monoisotopic (exact) mass is 293 g/mol. The number of piperidine rings is 1. The molecular formula is C16H24FN3O. The molecule has 1 aromatic rings. The molecule has 0 spiro atoms. The number of carbonyl (C=O) groups is 1. The molecule has 0 saturated carbocycles. The van der Waals surface area contributed by atoms with Gasteiger partial charge in [0.1, 0.15) is 5.82 Å². The Labute approximate surface area is 125 Å². The lowest BCUT2D eigenvalue weighted by molar-refractivity contribution is -0.120. The predicted octanol–water partition coefficient (Wildman–Crippen LogP) is 2.61. The summed E-state index contributed by atoms with van der Waals surface area (Å²) in [6, 6.07) is 5.07. The standard InChI is InChI=1S/C16H24FN3O/c1-11(2)20(3)15-7-6-13(9-14(15)17)19-16(21)12-5-4-8-18-10-12/h6-7,9,11-12,18H,4-5,8,10H2,1-3H3,(H,19,21)/t12-/m0/s1. The van der Waals surface area contributed by atoms with E-state index in [1.54, 1.807) is 12.1 Å². The van der Waals surface area contributed by atoms with Gasteiger partial charge in [0.05, 0.1) is 11.6 Å². The highest BCUT2D eigenvalue weighted by Gasteiger charge is 2.21. The van der Waals surface area contributed by atoms with E-state index in [0.29, 0.717) is 17.9 Å². The Kier molecular flexibility index (Phi) is 5.17. The van der Waals surface area contributed by atoms with Gasteiger partial charge >= 0.3 is 0 Å². The lowest BCUT2D eigenvalue weighted by Gasteiger charge is -2.25. The Morgan fingerprint density at radius 3 is 2.81 bits per heavy atom. The van der Waals surface area contributed by atoms with Crippen molar-refractivity contribution in [3.63, 3.8) is 0 Å². The van der Waals surface area contributed by atoms with E-state index in [9.17, 15) is 9.18 Å². The number of halogens is 1. The normalized spacial score (nSPS) is 18.6. The van der Waals surface area contributed by atoms with Crippen molar-refractivity contribution in [3.05, 3.63) is 24.0 Å². The Bertz CT molecular complexity index is 498. The molecule has 0 bridgehead atoms. The van der Waals surface area contributed by atoms with Gasteiger partial charge in [-0.15, -0.1) is 0 Å². The summed E-state index contributed by atoms with van der Waals surface area (Å²) in [6.45, 7) is 5.67. The molecule has 0 aromatic heterocycles. The van der Waals surface area contributed by atoms with Crippen LogP contribution in [0.15, 0.2) is 18.2 Å². The third-order valence-electron chi connectivity index (χ3n) is 4.04. The zero-order chi connectivity index (χ0) is 15.4. The number of anilines is 2. The third-order valence-corrected chi connectivity index (χ3v) is 4.04. The predicted molar refractivity (Wildman–Crippen MR) is 84.2 cm³/mol. The molecule has 4 nitrogen and oxygen atoms in total. The van der Waals surface area contributed by atoms with Crippen molar-refractivity contribution in [2.45, 2.75) is 32.7 Å². The average Bonchev–Trinajstić information content (AvgIpc) is 2.47. The maximum Gasteiger partial charge on any atom is 0.228 e. The van der Waals surface area contributed by atoms with E-state index in [1.807, 2.05) is 25.8 Å². The molecule has 0 unspecified atom stereocenters. The maximum atomic E-state index is 14.1. The van der Waals surface area contributed by atoms with E-state index in [0.717, 1.165) is 19.4 Å². The van der Waals surface area contributed by atoms with Crippen LogP contribution in [0.2, 0.25) is 0 Å². The van der Waals surface area contributed by atoms with Crippen LogP contribution in [0, 0.1) is 11.7 Å². The highest BCUT2D eigenvalue weighted by atomic mass is 19.1. The highest BCUT2D eigenvalue weighted by molar-refractivity contribution is 5.93. The van der Waals surface area contributed by atoms with Gasteiger partial charge in [-0.05, 0) is 51.4 Å². The lowest BCUT2D eigenvalue weighted by Crippen LogP contribution is -2.37. The summed E-state index contributed by atoms with van der Waals surface area (Å²) in [5.74, 6) is -0.378. The Morgan fingerprint density at radius 2 is 2.24 bits per heavy atom. The zero-order valence-electron chi connectivity index (χ0n) is 12.9. The van der Waals surface area contributed by atoms with Crippen LogP contribution in [0.1, 0.15) is 26.7 Å². The van der Waals surface area contributed by atoms with Crippen molar-refractivity contribution in [2.75, 3.05) is 30.4 Å². The Morgan fingerprint density at radius 1 is 1.48 bits per heavy atom. The quantitative estimate of drug-likeness (QED) is 0.897. The first-order valence-electron chi connectivity index (χ1n) is 7.53. The second-order valence-corrected chi connectivity index (χ2v) is 5.90. The van der Waals surface area contributed by atoms with E-state index < -0.39 is 0 Å². The second kappa shape index (κ2) is 6.89. The summed E-state index contributed by atoms with van der Waals surface area (Å²) in [5.41, 5.74) is 1.06. The van der Waals surface area contributed by atoms with Crippen LogP contribution in [0.4, 0.5) is 15.8 Å². The van der Waals surface area contributed by atoms with Gasteiger partial charge in [0.25, 0.3) is 0 Å². The molecule has 1 atom stereocenters. The van der Waals surface area contributed by atoms with Crippen LogP contribution in [-0.2, 0) is 4.79 Å². The summed E-state index contributed by atoms with van der Waals surface area (Å²) in [5, 5.41) is 6.02. The van der Waals surface area contributed by atoms with Gasteiger partial charge in [0, 0.05) is 25.3 Å². The van der Waals surface area contributed by atoms with Crippen molar-refractivity contribution in [1.29, 1.82) is 0 Å². The molecule has 21 heavy (non-hydrogen) atoms. The first-order chi connectivity index (χ1) is 9.99. The van der Waals surface area contributed by atoms with Crippen LogP contribution in [0.3, 0.4) is 0 Å². The molecule has 1 heterocycles. The van der Waals surface area contributed by atoms with Gasteiger partial charge in [-0.25, -0.2) is 4.39 Å². The fourth-order valence-corrected chi connectivity index (χ4v) is 2.47. The number of hydrogen-bond acceptors (Lipinski definition) is 3. The van der Waals surface area contributed by atoms with E-state index in [-0.39, 0.29) is 23.7 Å². The summed E-state index contributed by atoms with van der Waals surface area (Å²) in [6.07, 6.45) is 1.89. The minimum Gasteiger partial charge on any atom is -0.370 e. The largest absolute Gasteiger partial charge is 0.370 e. The molecule has 1 aromatic carbocycles. The van der Waals surface area contributed by atoms with Gasteiger partial charge < -0.3 is 15.5 Å². The first-order valence-corrected chi connectivity index (χ1v) is 7.53. The average molecular weight is 293 g/mol. The van der Waals surface area contributed by atoms with Gasteiger partial charge in [-0.2, -0.15) is 0 Å². The number of rotatable bonds is 4. The fraction of sp³-hybridized carbons (Fsp3) is 0.562. The number of nitrogens with one attached hydrogen (secondary N) is 2. The van der Waals surface area contributed by atoms with E-state index in [1.165, 1.54) is 6.07 Å². The van der Waals surface area contributed by atoms with E-state index in [2.05, 4.69) is 10.6 Å². The number of hydrogen-bond donors (Lipinski definition) is 2. The molecule has 1 fully saturated rings. The number of amides is 1. The fourth-order valence-electron chi connectivity index (χ4n) is 2.47. The van der Waals surface area contributed by atoms with Crippen LogP contribution in [0.5, 0.6) is 0 Å². The Hall–Kier alpha value is -1.62. The van der Waals surface area contributed by atoms with Crippen molar-refractivity contribution < 1.29 is 9.18 Å². The molecule has 0 aliphatic carbocycles. The molecule has 1 aliphatic heterocycles. The van der Waals surface area contributed by atoms with Gasteiger partial charge in [0.2, 0.25) is 5.91 Å². The minimum absolute atomic E-state index is 0.0279. The van der Waals surface area contributed by atoms with Gasteiger partial charge in [-0.3, -0.25) is 4.79 Å². The molecule has 1 amide bonds. The minimum atomic E-state index is -0.314. The van der Waals surface area contributed by atoms with Crippen LogP contribution in [0.25, 0.3) is 0 Å². The number of nitrogens with zero attached hydrogens (tertiary/aromatic N) is 1. The Balaban J connectivity index is 2.04. The molecular weight excluding hydrogens is 269 g/mol. The van der Waals surface area contributed by atoms with Crippen molar-refractivity contribution >= 4 is 17.3 Å². The third kappa shape index (κ3) is 3.94. The lowest BCUT2D eigenvalue weighted by atomic mass is 9.99. The van der Waals surface area contributed by atoms with E-state index in [4.69, 9.17) is 0 Å². The molecule has 116 valence electrons. The molecule has 0 radical (unpaired) electrons. The molecule has 5 heteroatoms. The van der Waals surface area contributed by atoms with Gasteiger partial charge in [0.15, 0.2) is 0 Å². The number of benzene rings is 1. The van der Waals surface area contributed by atoms with Crippen LogP contribution in [-0.4, -0.2) is 32.1 Å². The summed E-state index contributed by atoms with van der Waals surface area (Å²) in [7, 11) is 1.86. The molecule has 1 saturated heterocycles. The number of carbonyl (C=O) groups excluding carboxylic acids is 1. The van der Waals surface area contributed by atoms with Crippen LogP contribution >= 0.6 is 0 Å². The molecule has 2 N–H and O–H groups in total. The highest BCUT2D eigenvalue weighted by Crippen LogP contribution is 2.24. The first kappa shape index (κ1) is 15.8. The zero-order valence-corrected chi connectivity index (χ0v) is 12.9. The maximum absolute atomic E-state index is 14.1. The van der Waals surface area contributed by atoms with Crippen LogP contribution < -0.4 is 15.5 Å². The van der Waals surface area contributed by atoms with Crippen molar-refractivity contribution in [2.24, 2.45) is 5.92 Å². The molecule has 2 rings (SSSR count). The van der Waals surface area contributed by atoms with Gasteiger partial charge in [-0.1, -0.05) is 0 Å². The van der Waals surface area contributed by atoms with E-state index >= 15 is 0 Å². The summed E-state index contributed by atoms with van der Waals surface area (Å²) >= 11 is 0. The SMILES string of the molecule is CC(C)N(C)c1ccc(NC(=O)[C@H]2CCCNC2)cc1F. The molecule has 1 aliphatic rings. The van der Waals surface area contributed by atoms with Crippen molar-refractivity contribution in [3.8, 4) is 0 Å². The second-order valence-electron chi connectivity index (χ2n) is 5.90. The smallest absolute Gasteiger partial charge is 0.228 e.